The zero-order chi connectivity index (χ0) is 24.7. The first-order chi connectivity index (χ1) is 16.8. The molecule has 0 aliphatic rings. The second-order valence-electron chi connectivity index (χ2n) is 8.26. The minimum absolute atomic E-state index is 0.149. The van der Waals surface area contributed by atoms with Gasteiger partial charge in [0.1, 0.15) is 0 Å². The molecule has 173 valence electrons. The Balaban J connectivity index is 1.79. The molecule has 2 amide bonds. The SMILES string of the molecule is CC(=O)Nc1ccccc1Cn1c2cc(-c3ccc(Cl)cc3Cl)c[c]c2c2c(C(N)=O)cccc21. The van der Waals surface area contributed by atoms with Crippen LogP contribution in [0.5, 0.6) is 0 Å². The normalized spacial score (nSPS) is 11.2. The number of carbonyl (C=O) groups is 2. The Labute approximate surface area is 212 Å². The van der Waals surface area contributed by atoms with Crippen LogP contribution in [0.25, 0.3) is 32.9 Å². The van der Waals surface area contributed by atoms with Crippen molar-refractivity contribution in [2.24, 2.45) is 5.73 Å². The van der Waals surface area contributed by atoms with E-state index in [0.717, 1.165) is 44.2 Å². The van der Waals surface area contributed by atoms with E-state index in [4.69, 9.17) is 28.9 Å². The van der Waals surface area contributed by atoms with Crippen LogP contribution in [0.3, 0.4) is 0 Å². The van der Waals surface area contributed by atoms with Crippen LogP contribution in [-0.4, -0.2) is 16.4 Å². The summed E-state index contributed by atoms with van der Waals surface area (Å²) < 4.78 is 2.10. The van der Waals surface area contributed by atoms with E-state index in [2.05, 4.69) is 16.0 Å². The van der Waals surface area contributed by atoms with Crippen LogP contribution in [0.1, 0.15) is 22.8 Å². The topological polar surface area (TPSA) is 77.1 Å². The molecular formula is C28H20Cl2N3O2. The Bertz CT molecular complexity index is 1640. The monoisotopic (exact) mass is 500 g/mol. The largest absolute Gasteiger partial charge is 0.366 e. The Morgan fingerprint density at radius 1 is 1.00 bits per heavy atom. The Morgan fingerprint density at radius 2 is 1.80 bits per heavy atom. The number of rotatable bonds is 5. The minimum Gasteiger partial charge on any atom is -0.366 e. The van der Waals surface area contributed by atoms with E-state index in [-0.39, 0.29) is 5.91 Å². The van der Waals surface area contributed by atoms with Gasteiger partial charge in [-0.2, -0.15) is 0 Å². The summed E-state index contributed by atoms with van der Waals surface area (Å²) >= 11 is 12.6. The molecule has 0 bridgehead atoms. The summed E-state index contributed by atoms with van der Waals surface area (Å²) in [6.45, 7) is 1.93. The number of fused-ring (bicyclic) bond motifs is 3. The van der Waals surface area contributed by atoms with Crippen LogP contribution in [0.2, 0.25) is 10.0 Å². The van der Waals surface area contributed by atoms with E-state index >= 15 is 0 Å². The molecule has 0 saturated carbocycles. The molecule has 1 heterocycles. The Kier molecular flexibility index (Phi) is 5.97. The van der Waals surface area contributed by atoms with Gasteiger partial charge in [-0.25, -0.2) is 0 Å². The average Bonchev–Trinajstić information content (AvgIpc) is 3.13. The molecule has 7 heteroatoms. The van der Waals surface area contributed by atoms with Crippen molar-refractivity contribution >= 4 is 62.5 Å². The lowest BCUT2D eigenvalue weighted by molar-refractivity contribution is -0.114. The van der Waals surface area contributed by atoms with E-state index in [1.54, 1.807) is 18.2 Å². The van der Waals surface area contributed by atoms with E-state index in [9.17, 15) is 9.59 Å². The third-order valence-corrected chi connectivity index (χ3v) is 6.51. The quantitative estimate of drug-likeness (QED) is 0.282. The number of aromatic nitrogens is 1. The summed E-state index contributed by atoms with van der Waals surface area (Å²) in [5.74, 6) is -0.657. The molecular weight excluding hydrogens is 481 g/mol. The lowest BCUT2D eigenvalue weighted by Gasteiger charge is -2.13. The maximum absolute atomic E-state index is 12.3. The van der Waals surface area contributed by atoms with E-state index < -0.39 is 5.91 Å². The highest BCUT2D eigenvalue weighted by Gasteiger charge is 2.19. The maximum Gasteiger partial charge on any atom is 0.249 e. The highest BCUT2D eigenvalue weighted by atomic mass is 35.5. The first-order valence-electron chi connectivity index (χ1n) is 10.9. The van der Waals surface area contributed by atoms with Gasteiger partial charge >= 0.3 is 0 Å². The fourth-order valence-electron chi connectivity index (χ4n) is 4.45. The predicted molar refractivity (Wildman–Crippen MR) is 142 cm³/mol. The van der Waals surface area contributed by atoms with Crippen molar-refractivity contribution in [1.29, 1.82) is 0 Å². The third-order valence-electron chi connectivity index (χ3n) is 5.96. The van der Waals surface area contributed by atoms with E-state index in [1.165, 1.54) is 6.92 Å². The summed E-state index contributed by atoms with van der Waals surface area (Å²) in [5, 5.41) is 5.50. The second kappa shape index (κ2) is 9.10. The minimum atomic E-state index is -0.508. The number of benzene rings is 4. The Hall–Kier alpha value is -3.80. The zero-order valence-electron chi connectivity index (χ0n) is 18.7. The predicted octanol–water partition coefficient (Wildman–Crippen LogP) is 6.67. The van der Waals surface area contributed by atoms with E-state index in [0.29, 0.717) is 22.2 Å². The first kappa shape index (κ1) is 23.0. The van der Waals surface area contributed by atoms with Gasteiger partial charge < -0.3 is 15.6 Å². The molecule has 4 aromatic carbocycles. The number of nitrogens with zero attached hydrogens (tertiary/aromatic N) is 1. The van der Waals surface area contributed by atoms with Crippen LogP contribution in [0.4, 0.5) is 5.69 Å². The molecule has 0 aliphatic carbocycles. The number of halogens is 2. The number of hydrogen-bond donors (Lipinski definition) is 2. The lowest BCUT2D eigenvalue weighted by Crippen LogP contribution is -2.11. The Morgan fingerprint density at radius 3 is 2.54 bits per heavy atom. The van der Waals surface area contributed by atoms with Crippen LogP contribution in [0.15, 0.2) is 72.8 Å². The van der Waals surface area contributed by atoms with Gasteiger partial charge in [0.2, 0.25) is 11.8 Å². The van der Waals surface area contributed by atoms with Gasteiger partial charge in [-0.15, -0.1) is 0 Å². The molecule has 0 fully saturated rings. The van der Waals surface area contributed by atoms with Gasteiger partial charge in [-0.3, -0.25) is 9.59 Å². The van der Waals surface area contributed by atoms with Crippen molar-refractivity contribution in [3.8, 4) is 11.1 Å². The number of carbonyl (C=O) groups excluding carboxylic acids is 2. The van der Waals surface area contributed by atoms with Crippen molar-refractivity contribution in [1.82, 2.24) is 4.57 Å². The fraction of sp³-hybridized carbons (Fsp3) is 0.0714. The zero-order valence-corrected chi connectivity index (χ0v) is 20.2. The van der Waals surface area contributed by atoms with Crippen molar-refractivity contribution in [3.05, 3.63) is 100 Å². The van der Waals surface area contributed by atoms with Crippen molar-refractivity contribution < 1.29 is 9.59 Å². The molecule has 35 heavy (non-hydrogen) atoms. The number of nitrogens with two attached hydrogens (primary N) is 1. The molecule has 3 N–H and O–H groups in total. The van der Waals surface area contributed by atoms with Gasteiger partial charge in [0.25, 0.3) is 0 Å². The fourth-order valence-corrected chi connectivity index (χ4v) is 4.97. The number of para-hydroxylation sites is 1. The van der Waals surface area contributed by atoms with E-state index in [1.807, 2.05) is 54.6 Å². The molecule has 5 rings (SSSR count). The van der Waals surface area contributed by atoms with Gasteiger partial charge in [-0.05, 0) is 59.7 Å². The van der Waals surface area contributed by atoms with Crippen LogP contribution >= 0.6 is 23.2 Å². The van der Waals surface area contributed by atoms with Crippen molar-refractivity contribution in [2.75, 3.05) is 5.32 Å². The number of amides is 2. The van der Waals surface area contributed by atoms with Gasteiger partial charge in [0.15, 0.2) is 0 Å². The van der Waals surface area contributed by atoms with Crippen LogP contribution in [0, 0.1) is 6.07 Å². The summed E-state index contributed by atoms with van der Waals surface area (Å²) in [6.07, 6.45) is 0. The van der Waals surface area contributed by atoms with Gasteiger partial charge in [-0.1, -0.05) is 53.5 Å². The molecule has 1 radical (unpaired) electrons. The van der Waals surface area contributed by atoms with Crippen LogP contribution < -0.4 is 11.1 Å². The standard InChI is InChI=1S/C28H20Cl2N3O2/c1-16(34)32-24-7-3-2-5-18(24)15-33-25-8-4-6-22(28(31)35)27(25)21-11-9-17(13-26(21)33)20-12-10-19(29)14-23(20)30/h2-10,12-14H,15H2,1H3,(H2,31,35)(H,32,34). The summed E-state index contributed by atoms with van der Waals surface area (Å²) in [5.41, 5.74) is 11.2. The molecule has 5 aromatic rings. The van der Waals surface area contributed by atoms with Gasteiger partial charge in [0, 0.05) is 44.6 Å². The maximum atomic E-state index is 12.3. The molecule has 5 nitrogen and oxygen atoms in total. The second-order valence-corrected chi connectivity index (χ2v) is 9.10. The highest BCUT2D eigenvalue weighted by molar-refractivity contribution is 6.36. The van der Waals surface area contributed by atoms with Crippen molar-refractivity contribution in [3.63, 3.8) is 0 Å². The molecule has 0 atom stereocenters. The number of hydrogen-bond acceptors (Lipinski definition) is 2. The average molecular weight is 501 g/mol. The number of nitrogens with one attached hydrogen (secondary N) is 1. The van der Waals surface area contributed by atoms with Crippen LogP contribution in [-0.2, 0) is 11.3 Å². The lowest BCUT2D eigenvalue weighted by atomic mass is 10.0. The van der Waals surface area contributed by atoms with Gasteiger partial charge in [0.05, 0.1) is 17.6 Å². The van der Waals surface area contributed by atoms with Crippen molar-refractivity contribution in [2.45, 2.75) is 13.5 Å². The molecule has 0 saturated heterocycles. The smallest absolute Gasteiger partial charge is 0.249 e. The molecule has 1 aromatic heterocycles. The summed E-state index contributed by atoms with van der Waals surface area (Å²) in [6, 6.07) is 25.7. The molecule has 0 unspecified atom stereocenters. The summed E-state index contributed by atoms with van der Waals surface area (Å²) in [4.78, 5) is 24.1. The number of anilines is 1. The highest BCUT2D eigenvalue weighted by Crippen LogP contribution is 2.37. The summed E-state index contributed by atoms with van der Waals surface area (Å²) in [7, 11) is 0. The third kappa shape index (κ3) is 4.25. The molecule has 0 spiro atoms. The first-order valence-corrected chi connectivity index (χ1v) is 11.7. The number of primary amides is 1. The molecule has 0 aliphatic heterocycles.